The molecule has 6 nitrogen and oxygen atoms in total. The molecule has 0 aliphatic carbocycles. The van der Waals surface area contributed by atoms with Gasteiger partial charge >= 0.3 is 0 Å². The highest BCUT2D eigenvalue weighted by Crippen LogP contribution is 2.24. The smallest absolute Gasteiger partial charge is 0.272 e. The molecule has 1 unspecified atom stereocenters. The number of piperidine rings is 1. The quantitative estimate of drug-likeness (QED) is 0.396. The van der Waals surface area contributed by atoms with Crippen LogP contribution in [0.1, 0.15) is 34.5 Å². The number of halogens is 1. The molecule has 0 radical (unpaired) electrons. The van der Waals surface area contributed by atoms with Gasteiger partial charge in [-0.05, 0) is 55.3 Å². The minimum absolute atomic E-state index is 0.0894. The van der Waals surface area contributed by atoms with Crippen molar-refractivity contribution in [3.63, 3.8) is 0 Å². The summed E-state index contributed by atoms with van der Waals surface area (Å²) in [5.74, 6) is -0.873. The van der Waals surface area contributed by atoms with Gasteiger partial charge in [0.25, 0.3) is 5.91 Å². The molecule has 2 heterocycles. The van der Waals surface area contributed by atoms with E-state index in [2.05, 4.69) is 10.2 Å². The number of amides is 2. The van der Waals surface area contributed by atoms with Crippen LogP contribution in [-0.2, 0) is 17.9 Å². The third-order valence-corrected chi connectivity index (χ3v) is 6.86. The zero-order valence-corrected chi connectivity index (χ0v) is 20.0. The SMILES string of the molecule is NC(=O)C1CCCN(Cc2ccc(NC(=O)c3cc4ccccc4n3Cc3ccccc3F)cc2)C1. The molecule has 1 saturated heterocycles. The Hall–Kier alpha value is -3.97. The molecule has 1 atom stereocenters. The van der Waals surface area contributed by atoms with E-state index in [1.54, 1.807) is 18.2 Å². The molecule has 1 fully saturated rings. The predicted molar refractivity (Wildman–Crippen MR) is 139 cm³/mol. The summed E-state index contributed by atoms with van der Waals surface area (Å²) in [5, 5.41) is 3.91. The van der Waals surface area contributed by atoms with Gasteiger partial charge in [-0.2, -0.15) is 0 Å². The molecule has 3 N–H and O–H groups in total. The molecule has 1 aliphatic rings. The fourth-order valence-electron chi connectivity index (χ4n) is 4.94. The summed E-state index contributed by atoms with van der Waals surface area (Å²) in [4.78, 5) is 27.1. The number of carbonyl (C=O) groups excluding carboxylic acids is 2. The molecule has 5 rings (SSSR count). The number of aromatic nitrogens is 1. The fourth-order valence-corrected chi connectivity index (χ4v) is 4.94. The second kappa shape index (κ2) is 10.3. The van der Waals surface area contributed by atoms with Gasteiger partial charge in [0.15, 0.2) is 0 Å². The molecule has 4 aromatic rings. The average Bonchev–Trinajstić information content (AvgIpc) is 3.25. The molecule has 1 aliphatic heterocycles. The van der Waals surface area contributed by atoms with Crippen LogP contribution < -0.4 is 11.1 Å². The Bertz CT molecular complexity index is 1400. The van der Waals surface area contributed by atoms with Crippen molar-refractivity contribution in [3.05, 3.63) is 102 Å². The average molecular weight is 485 g/mol. The van der Waals surface area contributed by atoms with Gasteiger partial charge in [-0.1, -0.05) is 48.5 Å². The maximum absolute atomic E-state index is 14.4. The first kappa shape index (κ1) is 23.8. The summed E-state index contributed by atoms with van der Waals surface area (Å²) in [6, 6.07) is 23.9. The zero-order valence-electron chi connectivity index (χ0n) is 20.0. The molecule has 0 saturated carbocycles. The van der Waals surface area contributed by atoms with Crippen LogP contribution in [0.25, 0.3) is 10.9 Å². The van der Waals surface area contributed by atoms with E-state index in [0.717, 1.165) is 42.4 Å². The van der Waals surface area contributed by atoms with Crippen molar-refractivity contribution in [2.24, 2.45) is 11.7 Å². The van der Waals surface area contributed by atoms with Crippen molar-refractivity contribution in [1.82, 2.24) is 9.47 Å². The molecule has 1 aromatic heterocycles. The van der Waals surface area contributed by atoms with E-state index >= 15 is 0 Å². The number of para-hydroxylation sites is 1. The van der Waals surface area contributed by atoms with Crippen LogP contribution in [0.4, 0.5) is 10.1 Å². The number of rotatable bonds is 7. The first-order valence-corrected chi connectivity index (χ1v) is 12.2. The second-order valence-corrected chi connectivity index (χ2v) is 9.39. The summed E-state index contributed by atoms with van der Waals surface area (Å²) < 4.78 is 16.2. The monoisotopic (exact) mass is 484 g/mol. The van der Waals surface area contributed by atoms with Crippen molar-refractivity contribution in [3.8, 4) is 0 Å². The molecule has 36 heavy (non-hydrogen) atoms. The first-order valence-electron chi connectivity index (χ1n) is 12.2. The second-order valence-electron chi connectivity index (χ2n) is 9.39. The van der Waals surface area contributed by atoms with Gasteiger partial charge in [0, 0.05) is 35.2 Å². The molecular weight excluding hydrogens is 455 g/mol. The largest absolute Gasteiger partial charge is 0.369 e. The molecule has 0 spiro atoms. The molecule has 0 bridgehead atoms. The lowest BCUT2D eigenvalue weighted by Crippen LogP contribution is -2.40. The van der Waals surface area contributed by atoms with Crippen molar-refractivity contribution >= 4 is 28.4 Å². The van der Waals surface area contributed by atoms with E-state index in [9.17, 15) is 14.0 Å². The number of primary amides is 1. The highest BCUT2D eigenvalue weighted by Gasteiger charge is 2.24. The Morgan fingerprint density at radius 2 is 1.72 bits per heavy atom. The standard InChI is InChI=1S/C29H29FN4O2/c30-25-9-3-1-7-22(25)19-34-26-10-4-2-6-21(26)16-27(34)29(36)32-24-13-11-20(12-14-24)17-33-15-5-8-23(18-33)28(31)35/h1-4,6-7,9-14,16,23H,5,8,15,17-19H2,(H2,31,35)(H,32,36). The van der Waals surface area contributed by atoms with Gasteiger partial charge in [-0.3, -0.25) is 14.5 Å². The Balaban J connectivity index is 1.32. The maximum Gasteiger partial charge on any atom is 0.272 e. The first-order chi connectivity index (χ1) is 17.5. The Kier molecular flexibility index (Phi) is 6.82. The summed E-state index contributed by atoms with van der Waals surface area (Å²) in [5.41, 5.74) is 9.14. The highest BCUT2D eigenvalue weighted by atomic mass is 19.1. The Labute approximate surface area is 209 Å². The van der Waals surface area contributed by atoms with Crippen LogP contribution in [0.5, 0.6) is 0 Å². The van der Waals surface area contributed by atoms with Gasteiger partial charge in [0.1, 0.15) is 11.5 Å². The van der Waals surface area contributed by atoms with Crippen LogP contribution >= 0.6 is 0 Å². The van der Waals surface area contributed by atoms with Crippen molar-refractivity contribution in [2.75, 3.05) is 18.4 Å². The van der Waals surface area contributed by atoms with Crippen LogP contribution in [0, 0.1) is 11.7 Å². The van der Waals surface area contributed by atoms with Crippen molar-refractivity contribution in [2.45, 2.75) is 25.9 Å². The topological polar surface area (TPSA) is 80.4 Å². The minimum Gasteiger partial charge on any atom is -0.369 e. The lowest BCUT2D eigenvalue weighted by molar-refractivity contribution is -0.123. The minimum atomic E-state index is -0.298. The number of fused-ring (bicyclic) bond motifs is 1. The van der Waals surface area contributed by atoms with Crippen molar-refractivity contribution < 1.29 is 14.0 Å². The van der Waals surface area contributed by atoms with Crippen molar-refractivity contribution in [1.29, 1.82) is 0 Å². The van der Waals surface area contributed by atoms with Crippen LogP contribution in [-0.4, -0.2) is 34.4 Å². The highest BCUT2D eigenvalue weighted by molar-refractivity contribution is 6.06. The maximum atomic E-state index is 14.4. The fraction of sp³-hybridized carbons (Fsp3) is 0.241. The Morgan fingerprint density at radius 1 is 0.972 bits per heavy atom. The number of hydrogen-bond donors (Lipinski definition) is 2. The summed E-state index contributed by atoms with van der Waals surface area (Å²) >= 11 is 0. The van der Waals surface area contributed by atoms with Crippen LogP contribution in [0.15, 0.2) is 78.9 Å². The number of benzene rings is 3. The van der Waals surface area contributed by atoms with E-state index in [4.69, 9.17) is 5.73 Å². The van der Waals surface area contributed by atoms with Gasteiger partial charge in [0.2, 0.25) is 5.91 Å². The summed E-state index contributed by atoms with van der Waals surface area (Å²) in [6.07, 6.45) is 1.81. The third-order valence-electron chi connectivity index (χ3n) is 6.86. The van der Waals surface area contributed by atoms with E-state index < -0.39 is 0 Å². The number of anilines is 1. The number of nitrogens with two attached hydrogens (primary N) is 1. The number of carbonyl (C=O) groups is 2. The zero-order chi connectivity index (χ0) is 25.1. The summed E-state index contributed by atoms with van der Waals surface area (Å²) in [7, 11) is 0. The normalized spacial score (nSPS) is 16.2. The number of hydrogen-bond acceptors (Lipinski definition) is 3. The molecule has 2 amide bonds. The van der Waals surface area contributed by atoms with Gasteiger partial charge in [-0.25, -0.2) is 4.39 Å². The third kappa shape index (κ3) is 5.16. The summed E-state index contributed by atoms with van der Waals surface area (Å²) in [6.45, 7) is 2.61. The molecular formula is C29H29FN4O2. The number of nitrogens with one attached hydrogen (secondary N) is 1. The lowest BCUT2D eigenvalue weighted by Gasteiger charge is -2.31. The molecule has 3 aromatic carbocycles. The van der Waals surface area contributed by atoms with E-state index in [-0.39, 0.29) is 30.1 Å². The number of nitrogens with zero attached hydrogens (tertiary/aromatic N) is 2. The van der Waals surface area contributed by atoms with E-state index in [1.807, 2.05) is 59.2 Å². The lowest BCUT2D eigenvalue weighted by atomic mass is 9.97. The van der Waals surface area contributed by atoms with E-state index in [1.165, 1.54) is 6.07 Å². The van der Waals surface area contributed by atoms with Gasteiger partial charge in [0.05, 0.1) is 12.5 Å². The molecule has 184 valence electrons. The Morgan fingerprint density at radius 3 is 2.50 bits per heavy atom. The van der Waals surface area contributed by atoms with Gasteiger partial charge < -0.3 is 15.6 Å². The van der Waals surface area contributed by atoms with Crippen LogP contribution in [0.2, 0.25) is 0 Å². The van der Waals surface area contributed by atoms with E-state index in [0.29, 0.717) is 23.5 Å². The predicted octanol–water partition coefficient (Wildman–Crippen LogP) is 4.78. The number of likely N-dealkylation sites (tertiary alicyclic amines) is 1. The van der Waals surface area contributed by atoms with Gasteiger partial charge in [-0.15, -0.1) is 0 Å². The molecule has 7 heteroatoms. The van der Waals surface area contributed by atoms with Crippen LogP contribution in [0.3, 0.4) is 0 Å².